The maximum absolute atomic E-state index is 12.5. The number of esters is 1. The van der Waals surface area contributed by atoms with Gasteiger partial charge in [0.05, 0.1) is 23.4 Å². The van der Waals surface area contributed by atoms with Gasteiger partial charge >= 0.3 is 5.97 Å². The summed E-state index contributed by atoms with van der Waals surface area (Å²) in [5.41, 5.74) is 5.16. The molecule has 0 N–H and O–H groups in total. The van der Waals surface area contributed by atoms with Crippen LogP contribution in [0, 0.1) is 13.8 Å². The minimum absolute atomic E-state index is 0.320. The van der Waals surface area contributed by atoms with E-state index in [0.717, 1.165) is 27.6 Å². The number of hydrogen-bond acceptors (Lipinski definition) is 3. The molecule has 2 aromatic carbocycles. The van der Waals surface area contributed by atoms with Crippen molar-refractivity contribution in [2.75, 3.05) is 6.61 Å². The second-order valence-corrected chi connectivity index (χ2v) is 5.55. The van der Waals surface area contributed by atoms with Gasteiger partial charge in [0.2, 0.25) is 0 Å². The number of aryl methyl sites for hydroxylation is 2. The van der Waals surface area contributed by atoms with Gasteiger partial charge in [-0.05, 0) is 38.5 Å². The Balaban J connectivity index is 2.41. The molecule has 116 valence electrons. The van der Waals surface area contributed by atoms with Crippen LogP contribution in [0.1, 0.15) is 28.5 Å². The first-order valence-corrected chi connectivity index (χ1v) is 7.75. The van der Waals surface area contributed by atoms with Gasteiger partial charge in [0.15, 0.2) is 0 Å². The molecule has 3 rings (SSSR count). The van der Waals surface area contributed by atoms with Crippen LogP contribution in [0.25, 0.3) is 22.0 Å². The zero-order valence-corrected chi connectivity index (χ0v) is 13.6. The molecule has 0 radical (unpaired) electrons. The van der Waals surface area contributed by atoms with Gasteiger partial charge in [-0.15, -0.1) is 0 Å². The molecular formula is C20H19NO2. The zero-order valence-electron chi connectivity index (χ0n) is 13.6. The van der Waals surface area contributed by atoms with E-state index >= 15 is 0 Å². The van der Waals surface area contributed by atoms with E-state index in [1.54, 1.807) is 0 Å². The first kappa shape index (κ1) is 15.2. The molecule has 3 aromatic rings. The number of rotatable bonds is 3. The summed E-state index contributed by atoms with van der Waals surface area (Å²) in [6.45, 7) is 6.06. The largest absolute Gasteiger partial charge is 0.462 e. The fourth-order valence-corrected chi connectivity index (χ4v) is 2.86. The minimum atomic E-state index is -0.320. The summed E-state index contributed by atoms with van der Waals surface area (Å²) < 4.78 is 5.27. The molecule has 0 saturated carbocycles. The number of ether oxygens (including phenoxy) is 1. The Kier molecular flexibility index (Phi) is 4.11. The highest BCUT2D eigenvalue weighted by Gasteiger charge is 2.21. The minimum Gasteiger partial charge on any atom is -0.462 e. The van der Waals surface area contributed by atoms with Crippen molar-refractivity contribution in [3.8, 4) is 11.1 Å². The van der Waals surface area contributed by atoms with Gasteiger partial charge in [-0.2, -0.15) is 0 Å². The van der Waals surface area contributed by atoms with Gasteiger partial charge in [0.25, 0.3) is 0 Å². The molecule has 0 amide bonds. The summed E-state index contributed by atoms with van der Waals surface area (Å²) in [5.74, 6) is -0.320. The fraction of sp³-hybridized carbons (Fsp3) is 0.200. The van der Waals surface area contributed by atoms with Crippen LogP contribution in [0.2, 0.25) is 0 Å². The van der Waals surface area contributed by atoms with Crippen molar-refractivity contribution in [2.24, 2.45) is 0 Å². The SMILES string of the molecule is CCOC(=O)c1c(C)nc2ccc(C)cc2c1-c1ccccc1. The van der Waals surface area contributed by atoms with Crippen LogP contribution < -0.4 is 0 Å². The summed E-state index contributed by atoms with van der Waals surface area (Å²) in [7, 11) is 0. The molecule has 0 fully saturated rings. The number of carbonyl (C=O) groups excluding carboxylic acids is 1. The molecule has 0 spiro atoms. The smallest absolute Gasteiger partial charge is 0.340 e. The Morgan fingerprint density at radius 2 is 1.83 bits per heavy atom. The van der Waals surface area contributed by atoms with Crippen LogP contribution in [0.3, 0.4) is 0 Å². The van der Waals surface area contributed by atoms with E-state index in [9.17, 15) is 4.79 Å². The van der Waals surface area contributed by atoms with Crippen LogP contribution in [-0.2, 0) is 4.74 Å². The van der Waals surface area contributed by atoms with Gasteiger partial charge in [-0.3, -0.25) is 4.98 Å². The van der Waals surface area contributed by atoms with E-state index in [2.05, 4.69) is 11.1 Å². The van der Waals surface area contributed by atoms with Crippen molar-refractivity contribution in [3.05, 3.63) is 65.4 Å². The van der Waals surface area contributed by atoms with Crippen LogP contribution in [0.15, 0.2) is 48.5 Å². The molecule has 0 unspecified atom stereocenters. The molecule has 0 saturated heterocycles. The van der Waals surface area contributed by atoms with E-state index in [1.807, 2.05) is 63.2 Å². The average molecular weight is 305 g/mol. The lowest BCUT2D eigenvalue weighted by Gasteiger charge is -2.15. The summed E-state index contributed by atoms with van der Waals surface area (Å²) in [6.07, 6.45) is 0. The topological polar surface area (TPSA) is 39.2 Å². The molecule has 0 aliphatic heterocycles. The molecule has 23 heavy (non-hydrogen) atoms. The second kappa shape index (κ2) is 6.21. The van der Waals surface area contributed by atoms with E-state index in [0.29, 0.717) is 17.9 Å². The van der Waals surface area contributed by atoms with Gasteiger partial charge in [-0.1, -0.05) is 42.0 Å². The average Bonchev–Trinajstić information content (AvgIpc) is 2.55. The van der Waals surface area contributed by atoms with E-state index < -0.39 is 0 Å². The van der Waals surface area contributed by atoms with E-state index in [4.69, 9.17) is 4.74 Å². The normalized spacial score (nSPS) is 10.7. The molecule has 3 nitrogen and oxygen atoms in total. The Bertz CT molecular complexity index is 870. The summed E-state index contributed by atoms with van der Waals surface area (Å²) in [5, 5.41) is 0.977. The zero-order chi connectivity index (χ0) is 16.4. The molecule has 1 aromatic heterocycles. The van der Waals surface area contributed by atoms with Gasteiger partial charge in [-0.25, -0.2) is 4.79 Å². The van der Waals surface area contributed by atoms with Crippen LogP contribution >= 0.6 is 0 Å². The van der Waals surface area contributed by atoms with Crippen molar-refractivity contribution >= 4 is 16.9 Å². The lowest BCUT2D eigenvalue weighted by atomic mass is 9.93. The number of benzene rings is 2. The predicted octanol–water partition coefficient (Wildman–Crippen LogP) is 4.70. The molecule has 3 heteroatoms. The van der Waals surface area contributed by atoms with Crippen molar-refractivity contribution in [3.63, 3.8) is 0 Å². The van der Waals surface area contributed by atoms with E-state index in [-0.39, 0.29) is 5.97 Å². The number of carbonyl (C=O) groups is 1. The number of aromatic nitrogens is 1. The molecule has 0 atom stereocenters. The lowest BCUT2D eigenvalue weighted by Crippen LogP contribution is -2.10. The van der Waals surface area contributed by atoms with Gasteiger partial charge in [0, 0.05) is 10.9 Å². The standard InChI is InChI=1S/C20H19NO2/c1-4-23-20(22)18-14(3)21-17-11-10-13(2)12-16(17)19(18)15-8-6-5-7-9-15/h5-12H,4H2,1-3H3. The monoisotopic (exact) mass is 305 g/mol. The maximum Gasteiger partial charge on any atom is 0.340 e. The van der Waals surface area contributed by atoms with Gasteiger partial charge in [0.1, 0.15) is 0 Å². The number of pyridine rings is 1. The Hall–Kier alpha value is -2.68. The van der Waals surface area contributed by atoms with Crippen molar-refractivity contribution < 1.29 is 9.53 Å². The Labute approximate surface area is 135 Å². The Morgan fingerprint density at radius 1 is 1.09 bits per heavy atom. The van der Waals surface area contributed by atoms with E-state index in [1.165, 1.54) is 0 Å². The molecule has 0 bridgehead atoms. The maximum atomic E-state index is 12.5. The van der Waals surface area contributed by atoms with Gasteiger partial charge < -0.3 is 4.74 Å². The summed E-state index contributed by atoms with van der Waals surface area (Å²) in [4.78, 5) is 17.1. The van der Waals surface area contributed by atoms with Crippen LogP contribution in [0.5, 0.6) is 0 Å². The summed E-state index contributed by atoms with van der Waals surface area (Å²) in [6, 6.07) is 16.1. The highest BCUT2D eigenvalue weighted by Crippen LogP contribution is 2.34. The number of hydrogen-bond donors (Lipinski definition) is 0. The summed E-state index contributed by atoms with van der Waals surface area (Å²) >= 11 is 0. The molecule has 0 aliphatic rings. The fourth-order valence-electron chi connectivity index (χ4n) is 2.86. The second-order valence-electron chi connectivity index (χ2n) is 5.55. The van der Waals surface area contributed by atoms with Crippen LogP contribution in [-0.4, -0.2) is 17.6 Å². The highest BCUT2D eigenvalue weighted by molar-refractivity contribution is 6.08. The highest BCUT2D eigenvalue weighted by atomic mass is 16.5. The number of fused-ring (bicyclic) bond motifs is 1. The van der Waals surface area contributed by atoms with Crippen molar-refractivity contribution in [1.82, 2.24) is 4.98 Å². The number of nitrogens with zero attached hydrogens (tertiary/aromatic N) is 1. The first-order chi connectivity index (χ1) is 11.1. The van der Waals surface area contributed by atoms with Crippen LogP contribution in [0.4, 0.5) is 0 Å². The van der Waals surface area contributed by atoms with Crippen molar-refractivity contribution in [2.45, 2.75) is 20.8 Å². The molecular weight excluding hydrogens is 286 g/mol. The Morgan fingerprint density at radius 3 is 2.52 bits per heavy atom. The predicted molar refractivity (Wildman–Crippen MR) is 92.6 cm³/mol. The third-order valence-electron chi connectivity index (χ3n) is 3.86. The van der Waals surface area contributed by atoms with Crippen molar-refractivity contribution in [1.29, 1.82) is 0 Å². The first-order valence-electron chi connectivity index (χ1n) is 7.75. The third-order valence-corrected chi connectivity index (χ3v) is 3.86. The quantitative estimate of drug-likeness (QED) is 0.659. The lowest BCUT2D eigenvalue weighted by molar-refractivity contribution is 0.0526. The molecule has 0 aliphatic carbocycles. The molecule has 1 heterocycles. The third kappa shape index (κ3) is 2.82.